The molecule has 0 N–H and O–H groups in total. The molecule has 2 heterocycles. The maximum Gasteiger partial charge on any atom is 0.0594 e. The zero-order valence-electron chi connectivity index (χ0n) is 13.8. The molecule has 4 heteroatoms. The quantitative estimate of drug-likeness (QED) is 0.651. The third kappa shape index (κ3) is 7.09. The number of hydrogen-bond acceptors (Lipinski definition) is 4. The maximum atomic E-state index is 5.40. The van der Waals surface area contributed by atoms with Gasteiger partial charge in [-0.2, -0.15) is 0 Å². The minimum absolute atomic E-state index is 0.921. The van der Waals surface area contributed by atoms with Crippen molar-refractivity contribution in [3.63, 3.8) is 0 Å². The van der Waals surface area contributed by atoms with E-state index in [4.69, 9.17) is 9.47 Å². The summed E-state index contributed by atoms with van der Waals surface area (Å²) < 4.78 is 10.8. The van der Waals surface area contributed by atoms with E-state index in [0.29, 0.717) is 0 Å². The summed E-state index contributed by atoms with van der Waals surface area (Å²) in [4.78, 5) is 5.09. The Balaban J connectivity index is 1.50. The lowest BCUT2D eigenvalue weighted by molar-refractivity contribution is 0.0366. The Kier molecular flexibility index (Phi) is 8.64. The van der Waals surface area contributed by atoms with Gasteiger partial charge in [0.15, 0.2) is 0 Å². The van der Waals surface area contributed by atoms with E-state index in [2.05, 4.69) is 16.7 Å². The summed E-state index contributed by atoms with van der Waals surface area (Å²) >= 11 is 0. The molecule has 2 rings (SSSR count). The molecule has 2 aliphatic heterocycles. The molecule has 0 aromatic carbocycles. The highest BCUT2D eigenvalue weighted by atomic mass is 16.5. The molecule has 0 amide bonds. The lowest BCUT2D eigenvalue weighted by Gasteiger charge is -2.28. The van der Waals surface area contributed by atoms with Crippen molar-refractivity contribution in [3.05, 3.63) is 5.92 Å². The Labute approximate surface area is 130 Å². The molecule has 0 aromatic heterocycles. The topological polar surface area (TPSA) is 24.9 Å². The lowest BCUT2D eigenvalue weighted by atomic mass is 9.94. The van der Waals surface area contributed by atoms with Crippen LogP contribution in [-0.2, 0) is 9.47 Å². The molecule has 2 aliphatic rings. The van der Waals surface area contributed by atoms with Crippen molar-refractivity contribution in [2.45, 2.75) is 39.0 Å². The second-order valence-corrected chi connectivity index (χ2v) is 6.22. The van der Waals surface area contributed by atoms with Crippen LogP contribution < -0.4 is 0 Å². The van der Waals surface area contributed by atoms with Gasteiger partial charge < -0.3 is 9.47 Å². The molecule has 1 radical (unpaired) electrons. The van der Waals surface area contributed by atoms with Crippen LogP contribution in [-0.4, -0.2) is 75.5 Å². The maximum absolute atomic E-state index is 5.40. The molecule has 0 aliphatic carbocycles. The van der Waals surface area contributed by atoms with Crippen LogP contribution in [0.3, 0.4) is 0 Å². The summed E-state index contributed by atoms with van der Waals surface area (Å²) in [6.07, 6.45) is 6.53. The van der Waals surface area contributed by atoms with Crippen LogP contribution in [0.15, 0.2) is 0 Å². The molecule has 21 heavy (non-hydrogen) atoms. The first-order valence-electron chi connectivity index (χ1n) is 8.82. The van der Waals surface area contributed by atoms with E-state index < -0.39 is 0 Å². The van der Waals surface area contributed by atoms with Gasteiger partial charge in [-0.15, -0.1) is 0 Å². The highest BCUT2D eigenvalue weighted by Gasteiger charge is 2.13. The second kappa shape index (κ2) is 10.5. The molecular weight excluding hydrogens is 264 g/mol. The molecule has 0 spiro atoms. The van der Waals surface area contributed by atoms with Crippen LogP contribution in [0.5, 0.6) is 0 Å². The zero-order chi connectivity index (χ0) is 14.8. The molecule has 0 bridgehead atoms. The van der Waals surface area contributed by atoms with Crippen molar-refractivity contribution < 1.29 is 9.47 Å². The van der Waals surface area contributed by atoms with Crippen molar-refractivity contribution in [2.24, 2.45) is 0 Å². The van der Waals surface area contributed by atoms with Gasteiger partial charge in [0.2, 0.25) is 0 Å². The first-order chi connectivity index (χ1) is 10.4. The Morgan fingerprint density at radius 1 is 0.762 bits per heavy atom. The lowest BCUT2D eigenvalue weighted by Crippen LogP contribution is -2.37. The van der Waals surface area contributed by atoms with E-state index >= 15 is 0 Å². The number of rotatable bonds is 9. The Morgan fingerprint density at radius 3 is 1.57 bits per heavy atom. The van der Waals surface area contributed by atoms with Gasteiger partial charge in [0.05, 0.1) is 26.4 Å². The van der Waals surface area contributed by atoms with Gasteiger partial charge >= 0.3 is 0 Å². The second-order valence-electron chi connectivity index (χ2n) is 6.22. The van der Waals surface area contributed by atoms with Crippen LogP contribution in [0.25, 0.3) is 0 Å². The fourth-order valence-electron chi connectivity index (χ4n) is 3.23. The van der Waals surface area contributed by atoms with E-state index in [1.54, 1.807) is 5.92 Å². The van der Waals surface area contributed by atoms with E-state index in [1.807, 2.05) is 0 Å². The van der Waals surface area contributed by atoms with E-state index in [-0.39, 0.29) is 0 Å². The first kappa shape index (κ1) is 17.2. The van der Waals surface area contributed by atoms with Gasteiger partial charge in [0, 0.05) is 26.2 Å². The van der Waals surface area contributed by atoms with Crippen molar-refractivity contribution in [1.29, 1.82) is 0 Å². The van der Waals surface area contributed by atoms with Gasteiger partial charge in [-0.1, -0.05) is 6.92 Å². The smallest absolute Gasteiger partial charge is 0.0594 e. The standard InChI is InChI=1S/C17H33N2O2/c1-2-17(5-3-7-18-9-13-20-14-10-18)6-4-8-19-11-15-21-16-12-19/h2-16H2,1H3. The molecular formula is C17H33N2O2. The van der Waals surface area contributed by atoms with Crippen LogP contribution in [0.1, 0.15) is 39.0 Å². The van der Waals surface area contributed by atoms with Crippen LogP contribution in [0.4, 0.5) is 0 Å². The monoisotopic (exact) mass is 297 g/mol. The van der Waals surface area contributed by atoms with Crippen LogP contribution in [0, 0.1) is 5.92 Å². The van der Waals surface area contributed by atoms with E-state index in [9.17, 15) is 0 Å². The summed E-state index contributed by atoms with van der Waals surface area (Å²) in [5.74, 6) is 1.76. The van der Waals surface area contributed by atoms with Gasteiger partial charge in [-0.25, -0.2) is 0 Å². The molecule has 0 atom stereocenters. The van der Waals surface area contributed by atoms with Crippen molar-refractivity contribution in [1.82, 2.24) is 9.80 Å². The molecule has 4 nitrogen and oxygen atoms in total. The van der Waals surface area contributed by atoms with Gasteiger partial charge in [0.1, 0.15) is 0 Å². The predicted molar refractivity (Wildman–Crippen MR) is 86.5 cm³/mol. The molecule has 123 valence electrons. The number of morpholine rings is 2. The minimum Gasteiger partial charge on any atom is -0.379 e. The zero-order valence-corrected chi connectivity index (χ0v) is 13.8. The summed E-state index contributed by atoms with van der Waals surface area (Å²) in [5.41, 5.74) is 0. The number of nitrogens with zero attached hydrogens (tertiary/aromatic N) is 2. The molecule has 2 fully saturated rings. The van der Waals surface area contributed by atoms with Crippen LogP contribution >= 0.6 is 0 Å². The Bertz CT molecular complexity index is 227. The predicted octanol–water partition coefficient (Wildman–Crippen LogP) is 2.20. The average Bonchev–Trinajstić information content (AvgIpc) is 2.55. The van der Waals surface area contributed by atoms with Gasteiger partial charge in [-0.05, 0) is 51.1 Å². The fraction of sp³-hybridized carbons (Fsp3) is 0.941. The van der Waals surface area contributed by atoms with Gasteiger partial charge in [-0.3, -0.25) is 9.80 Å². The Morgan fingerprint density at radius 2 is 1.19 bits per heavy atom. The van der Waals surface area contributed by atoms with Crippen LogP contribution in [0.2, 0.25) is 0 Å². The minimum atomic E-state index is 0.921. The SMILES string of the molecule is CC[C](CCCN1CCOCC1)CCCN1CCOCC1. The highest BCUT2D eigenvalue weighted by Crippen LogP contribution is 2.20. The fourth-order valence-corrected chi connectivity index (χ4v) is 3.23. The summed E-state index contributed by atoms with van der Waals surface area (Å²) in [7, 11) is 0. The molecule has 0 unspecified atom stereocenters. The largest absolute Gasteiger partial charge is 0.379 e. The van der Waals surface area contributed by atoms with E-state index in [0.717, 1.165) is 52.6 Å². The normalized spacial score (nSPS) is 22.0. The Hall–Kier alpha value is -0.160. The summed E-state index contributed by atoms with van der Waals surface area (Å²) in [6.45, 7) is 13.0. The third-order valence-electron chi connectivity index (χ3n) is 4.72. The highest BCUT2D eigenvalue weighted by molar-refractivity contribution is 4.88. The third-order valence-corrected chi connectivity index (χ3v) is 4.72. The molecule has 0 saturated carbocycles. The first-order valence-corrected chi connectivity index (χ1v) is 8.82. The van der Waals surface area contributed by atoms with E-state index in [1.165, 1.54) is 45.2 Å². The summed E-state index contributed by atoms with van der Waals surface area (Å²) in [5, 5.41) is 0. The number of hydrogen-bond donors (Lipinski definition) is 0. The van der Waals surface area contributed by atoms with Crippen molar-refractivity contribution in [3.8, 4) is 0 Å². The molecule has 2 saturated heterocycles. The molecule has 0 aromatic rings. The number of ether oxygens (including phenoxy) is 2. The van der Waals surface area contributed by atoms with Crippen molar-refractivity contribution >= 4 is 0 Å². The average molecular weight is 297 g/mol. The van der Waals surface area contributed by atoms with Gasteiger partial charge in [0.25, 0.3) is 0 Å². The van der Waals surface area contributed by atoms with Crippen molar-refractivity contribution in [2.75, 3.05) is 65.7 Å². The summed E-state index contributed by atoms with van der Waals surface area (Å²) in [6, 6.07) is 0.